The Morgan fingerprint density at radius 3 is 1.32 bits per heavy atom. The lowest BCUT2D eigenvalue weighted by molar-refractivity contribution is -0.156. The Morgan fingerprint density at radius 1 is 0.516 bits per heavy atom. The van der Waals surface area contributed by atoms with E-state index in [9.17, 15) is 4.79 Å². The first-order valence-corrected chi connectivity index (χ1v) is 14.3. The fourth-order valence-corrected chi connectivity index (χ4v) is 4.47. The van der Waals surface area contributed by atoms with Crippen molar-refractivity contribution in [3.8, 4) is 0 Å². The van der Waals surface area contributed by atoms with Crippen LogP contribution < -0.4 is 0 Å². The first kappa shape index (κ1) is 30.5. The van der Waals surface area contributed by atoms with E-state index in [0.717, 1.165) is 38.5 Å². The zero-order valence-corrected chi connectivity index (χ0v) is 22.1. The summed E-state index contributed by atoms with van der Waals surface area (Å²) in [5.74, 6) is 0.0672. The topological polar surface area (TPSA) is 26.3 Å². The highest BCUT2D eigenvalue weighted by molar-refractivity contribution is 5.76. The number of hydrogen-bond donors (Lipinski definition) is 0. The molecule has 0 aromatic heterocycles. The standard InChI is InChI=1S/C29H58O2/c1-5-8-11-13-15-16-17-18-19-20-22-24-27-31-28(30)29(4,25-10-7-3)26-23-21-14-12-9-6-2/h5-27H2,1-4H3. The normalized spacial score (nSPS) is 13.3. The van der Waals surface area contributed by atoms with Gasteiger partial charge in [-0.15, -0.1) is 0 Å². The van der Waals surface area contributed by atoms with Gasteiger partial charge in [-0.05, 0) is 26.2 Å². The summed E-state index contributed by atoms with van der Waals surface area (Å²) < 4.78 is 5.75. The zero-order valence-electron chi connectivity index (χ0n) is 22.1. The molecule has 31 heavy (non-hydrogen) atoms. The van der Waals surface area contributed by atoms with Gasteiger partial charge in [0, 0.05) is 0 Å². The lowest BCUT2D eigenvalue weighted by Gasteiger charge is -2.27. The average Bonchev–Trinajstić information content (AvgIpc) is 2.77. The number of carbonyl (C=O) groups is 1. The maximum Gasteiger partial charge on any atom is 0.311 e. The van der Waals surface area contributed by atoms with E-state index in [2.05, 4.69) is 27.7 Å². The molecule has 0 radical (unpaired) electrons. The first-order valence-electron chi connectivity index (χ1n) is 14.3. The molecule has 0 saturated carbocycles. The Morgan fingerprint density at radius 2 is 0.871 bits per heavy atom. The molecule has 0 rings (SSSR count). The molecule has 0 bridgehead atoms. The van der Waals surface area contributed by atoms with E-state index >= 15 is 0 Å². The minimum absolute atomic E-state index is 0.0672. The van der Waals surface area contributed by atoms with Crippen LogP contribution in [0.4, 0.5) is 0 Å². The molecule has 1 atom stereocenters. The Kier molecular flexibility index (Phi) is 22.3. The van der Waals surface area contributed by atoms with Crippen molar-refractivity contribution in [3.05, 3.63) is 0 Å². The van der Waals surface area contributed by atoms with Gasteiger partial charge >= 0.3 is 5.97 Å². The van der Waals surface area contributed by atoms with Crippen LogP contribution in [0.2, 0.25) is 0 Å². The van der Waals surface area contributed by atoms with Gasteiger partial charge < -0.3 is 4.74 Å². The molecule has 0 aliphatic heterocycles. The smallest absolute Gasteiger partial charge is 0.311 e. The molecule has 0 spiro atoms. The second kappa shape index (κ2) is 22.7. The van der Waals surface area contributed by atoms with Gasteiger partial charge in [-0.25, -0.2) is 0 Å². The molecule has 2 nitrogen and oxygen atoms in total. The molecule has 0 aromatic carbocycles. The highest BCUT2D eigenvalue weighted by Gasteiger charge is 2.33. The van der Waals surface area contributed by atoms with Crippen molar-refractivity contribution >= 4 is 5.97 Å². The van der Waals surface area contributed by atoms with Gasteiger partial charge in [0.1, 0.15) is 0 Å². The van der Waals surface area contributed by atoms with Gasteiger partial charge in [0.15, 0.2) is 0 Å². The van der Waals surface area contributed by atoms with Crippen molar-refractivity contribution in [3.63, 3.8) is 0 Å². The van der Waals surface area contributed by atoms with Crippen LogP contribution in [0.25, 0.3) is 0 Å². The number of hydrogen-bond acceptors (Lipinski definition) is 2. The molecule has 1 unspecified atom stereocenters. The Labute approximate surface area is 196 Å². The SMILES string of the molecule is CCCCCCCCCCCCCCOC(=O)C(C)(CCCC)CCCCCCCC. The highest BCUT2D eigenvalue weighted by atomic mass is 16.5. The Hall–Kier alpha value is -0.530. The molecule has 0 fully saturated rings. The average molecular weight is 439 g/mol. The third kappa shape index (κ3) is 18.7. The van der Waals surface area contributed by atoms with Gasteiger partial charge in [0.2, 0.25) is 0 Å². The van der Waals surface area contributed by atoms with E-state index in [1.54, 1.807) is 0 Å². The molecule has 2 heteroatoms. The largest absolute Gasteiger partial charge is 0.465 e. The summed E-state index contributed by atoms with van der Waals surface area (Å²) in [7, 11) is 0. The lowest BCUT2D eigenvalue weighted by atomic mass is 9.80. The Balaban J connectivity index is 3.81. The zero-order chi connectivity index (χ0) is 23.0. The van der Waals surface area contributed by atoms with Crippen molar-refractivity contribution in [2.45, 2.75) is 169 Å². The van der Waals surface area contributed by atoms with Crippen LogP contribution in [-0.2, 0) is 9.53 Å². The number of carbonyl (C=O) groups excluding carboxylic acids is 1. The summed E-state index contributed by atoms with van der Waals surface area (Å²) in [6.07, 6.45) is 28.0. The summed E-state index contributed by atoms with van der Waals surface area (Å²) in [6.45, 7) is 9.52. The summed E-state index contributed by atoms with van der Waals surface area (Å²) in [5.41, 5.74) is -0.266. The lowest BCUT2D eigenvalue weighted by Crippen LogP contribution is -2.30. The summed E-state index contributed by atoms with van der Waals surface area (Å²) >= 11 is 0. The quantitative estimate of drug-likeness (QED) is 0.111. The molecule has 0 amide bonds. The highest BCUT2D eigenvalue weighted by Crippen LogP contribution is 2.32. The molecule has 0 heterocycles. The predicted molar refractivity (Wildman–Crippen MR) is 138 cm³/mol. The van der Waals surface area contributed by atoms with E-state index in [0.29, 0.717) is 6.61 Å². The number of rotatable bonds is 24. The summed E-state index contributed by atoms with van der Waals surface area (Å²) in [4.78, 5) is 12.8. The second-order valence-electron chi connectivity index (χ2n) is 10.2. The third-order valence-corrected chi connectivity index (χ3v) is 6.89. The van der Waals surface area contributed by atoms with E-state index in [4.69, 9.17) is 4.74 Å². The van der Waals surface area contributed by atoms with Crippen LogP contribution in [0.15, 0.2) is 0 Å². The van der Waals surface area contributed by atoms with Gasteiger partial charge in [0.05, 0.1) is 12.0 Å². The monoisotopic (exact) mass is 438 g/mol. The molecular formula is C29H58O2. The van der Waals surface area contributed by atoms with Crippen molar-refractivity contribution in [2.75, 3.05) is 6.61 Å². The fraction of sp³-hybridized carbons (Fsp3) is 0.966. The first-order chi connectivity index (χ1) is 15.1. The third-order valence-electron chi connectivity index (χ3n) is 6.89. The molecule has 0 N–H and O–H groups in total. The second-order valence-corrected chi connectivity index (χ2v) is 10.2. The fourth-order valence-electron chi connectivity index (χ4n) is 4.47. The van der Waals surface area contributed by atoms with E-state index in [1.807, 2.05) is 0 Å². The maximum absolute atomic E-state index is 12.8. The minimum Gasteiger partial charge on any atom is -0.465 e. The summed E-state index contributed by atoms with van der Waals surface area (Å²) in [6, 6.07) is 0. The van der Waals surface area contributed by atoms with Crippen LogP contribution in [-0.4, -0.2) is 12.6 Å². The van der Waals surface area contributed by atoms with Gasteiger partial charge in [-0.2, -0.15) is 0 Å². The van der Waals surface area contributed by atoms with Crippen LogP contribution in [0.3, 0.4) is 0 Å². The molecule has 0 saturated heterocycles. The van der Waals surface area contributed by atoms with Gasteiger partial charge in [0.25, 0.3) is 0 Å². The van der Waals surface area contributed by atoms with Gasteiger partial charge in [-0.3, -0.25) is 4.79 Å². The van der Waals surface area contributed by atoms with Crippen molar-refractivity contribution < 1.29 is 9.53 Å². The molecule has 186 valence electrons. The van der Waals surface area contributed by atoms with Gasteiger partial charge in [-0.1, -0.05) is 143 Å². The van der Waals surface area contributed by atoms with Crippen LogP contribution >= 0.6 is 0 Å². The number of esters is 1. The predicted octanol–water partition coefficient (Wildman–Crippen LogP) is 10.2. The molecule has 0 aromatic rings. The van der Waals surface area contributed by atoms with Crippen molar-refractivity contribution in [2.24, 2.45) is 5.41 Å². The van der Waals surface area contributed by atoms with E-state index in [-0.39, 0.29) is 11.4 Å². The van der Waals surface area contributed by atoms with E-state index < -0.39 is 0 Å². The van der Waals surface area contributed by atoms with E-state index in [1.165, 1.54) is 103 Å². The van der Waals surface area contributed by atoms with Crippen molar-refractivity contribution in [1.29, 1.82) is 0 Å². The molecule has 0 aliphatic carbocycles. The van der Waals surface area contributed by atoms with Crippen LogP contribution in [0.1, 0.15) is 169 Å². The number of unbranched alkanes of at least 4 members (excludes halogenated alkanes) is 17. The number of ether oxygens (including phenoxy) is 1. The van der Waals surface area contributed by atoms with Crippen molar-refractivity contribution in [1.82, 2.24) is 0 Å². The summed E-state index contributed by atoms with van der Waals surface area (Å²) in [5, 5.41) is 0. The maximum atomic E-state index is 12.8. The van der Waals surface area contributed by atoms with Crippen LogP contribution in [0, 0.1) is 5.41 Å². The molecule has 0 aliphatic rings. The van der Waals surface area contributed by atoms with Crippen LogP contribution in [0.5, 0.6) is 0 Å². The molecular weight excluding hydrogens is 380 g/mol. The Bertz CT molecular complexity index is 379. The minimum atomic E-state index is -0.266.